The molecule has 0 aliphatic carbocycles. The number of rotatable bonds is 4. The van der Waals surface area contributed by atoms with Crippen LogP contribution in [0.3, 0.4) is 0 Å². The lowest BCUT2D eigenvalue weighted by Crippen LogP contribution is -2.22. The highest BCUT2D eigenvalue weighted by Gasteiger charge is 2.14. The number of hydrogen-bond acceptors (Lipinski definition) is 5. The molecule has 7 heteroatoms. The average molecular weight is 250 g/mol. The molecule has 0 aliphatic rings. The summed E-state index contributed by atoms with van der Waals surface area (Å²) in [6.07, 6.45) is 1.18. The molecule has 94 valence electrons. The first-order chi connectivity index (χ1) is 8.58. The maximum atomic E-state index is 11.6. The third kappa shape index (κ3) is 2.40. The third-order valence-electron chi connectivity index (χ3n) is 2.25. The number of nitrogens with zero attached hydrogens (tertiary/aromatic N) is 1. The number of aromatic carboxylic acids is 1. The molecule has 2 aromatic heterocycles. The first-order valence-electron chi connectivity index (χ1n) is 5.08. The Kier molecular flexibility index (Phi) is 3.13. The molecule has 1 amide bonds. The van der Waals surface area contributed by atoms with Gasteiger partial charge >= 0.3 is 5.97 Å². The van der Waals surface area contributed by atoms with Crippen LogP contribution in [0.15, 0.2) is 27.4 Å². The fourth-order valence-electron chi connectivity index (χ4n) is 1.36. The van der Waals surface area contributed by atoms with Crippen molar-refractivity contribution in [3.8, 4) is 0 Å². The van der Waals surface area contributed by atoms with Crippen molar-refractivity contribution in [3.05, 3.63) is 41.5 Å². The Hall–Kier alpha value is -2.57. The minimum Gasteiger partial charge on any atom is -0.475 e. The Morgan fingerprint density at radius 3 is 2.78 bits per heavy atom. The minimum absolute atomic E-state index is 0.0756. The highest BCUT2D eigenvalue weighted by atomic mass is 16.4. The summed E-state index contributed by atoms with van der Waals surface area (Å²) in [4.78, 5) is 26.0. The molecular formula is C11H10N2O5. The van der Waals surface area contributed by atoms with Crippen molar-refractivity contribution in [2.75, 3.05) is 0 Å². The molecule has 2 N–H and O–H groups in total. The second kappa shape index (κ2) is 4.74. The van der Waals surface area contributed by atoms with Crippen molar-refractivity contribution in [2.45, 2.75) is 13.5 Å². The lowest BCUT2D eigenvalue weighted by molar-refractivity contribution is 0.0660. The van der Waals surface area contributed by atoms with Crippen molar-refractivity contribution in [3.63, 3.8) is 0 Å². The molecule has 0 atom stereocenters. The minimum atomic E-state index is -1.15. The van der Waals surface area contributed by atoms with E-state index < -0.39 is 11.9 Å². The largest absolute Gasteiger partial charge is 0.475 e. The monoisotopic (exact) mass is 250 g/mol. The van der Waals surface area contributed by atoms with E-state index in [9.17, 15) is 9.59 Å². The Balaban J connectivity index is 1.97. The summed E-state index contributed by atoms with van der Waals surface area (Å²) < 4.78 is 9.89. The molecular weight excluding hydrogens is 240 g/mol. The van der Waals surface area contributed by atoms with E-state index in [0.29, 0.717) is 11.5 Å². The van der Waals surface area contributed by atoms with Gasteiger partial charge in [0, 0.05) is 0 Å². The van der Waals surface area contributed by atoms with Crippen LogP contribution in [-0.2, 0) is 6.54 Å². The molecule has 0 fully saturated rings. The molecule has 2 aromatic rings. The molecule has 18 heavy (non-hydrogen) atoms. The van der Waals surface area contributed by atoms with Crippen molar-refractivity contribution in [1.82, 2.24) is 10.3 Å². The van der Waals surface area contributed by atoms with Gasteiger partial charge in [0.25, 0.3) is 5.91 Å². The summed E-state index contributed by atoms with van der Waals surface area (Å²) in [5.41, 5.74) is 0.484. The molecule has 0 spiro atoms. The number of hydrogen-bond donors (Lipinski definition) is 2. The average Bonchev–Trinajstić information content (AvgIpc) is 2.94. The van der Waals surface area contributed by atoms with Gasteiger partial charge in [-0.25, -0.2) is 9.78 Å². The van der Waals surface area contributed by atoms with Gasteiger partial charge in [-0.1, -0.05) is 0 Å². The quantitative estimate of drug-likeness (QED) is 0.844. The Bertz CT molecular complexity index is 584. The van der Waals surface area contributed by atoms with Crippen molar-refractivity contribution >= 4 is 11.9 Å². The second-order valence-corrected chi connectivity index (χ2v) is 3.52. The predicted octanol–water partition coefficient (Wildman–Crippen LogP) is 1.20. The number of carbonyl (C=O) groups is 2. The zero-order valence-electron chi connectivity index (χ0n) is 9.47. The van der Waals surface area contributed by atoms with Crippen LogP contribution in [0.4, 0.5) is 0 Å². The van der Waals surface area contributed by atoms with Crippen LogP contribution in [-0.4, -0.2) is 22.0 Å². The summed E-state index contributed by atoms with van der Waals surface area (Å²) in [7, 11) is 0. The number of nitrogens with one attached hydrogen (secondary N) is 1. The SMILES string of the molecule is Cc1ncoc1C(=O)NCc1ccc(C(=O)O)o1. The summed E-state index contributed by atoms with van der Waals surface area (Å²) in [6, 6.07) is 2.81. The van der Waals surface area contributed by atoms with Crippen LogP contribution >= 0.6 is 0 Å². The van der Waals surface area contributed by atoms with Crippen LogP contribution in [0.25, 0.3) is 0 Å². The lowest BCUT2D eigenvalue weighted by Gasteiger charge is -2.00. The first-order valence-corrected chi connectivity index (χ1v) is 5.08. The maximum Gasteiger partial charge on any atom is 0.371 e. The molecule has 0 saturated carbocycles. The molecule has 2 rings (SSSR count). The zero-order valence-corrected chi connectivity index (χ0v) is 9.47. The number of furan rings is 1. The van der Waals surface area contributed by atoms with Crippen molar-refractivity contribution < 1.29 is 23.5 Å². The molecule has 0 saturated heterocycles. The standard InChI is InChI=1S/C11H10N2O5/c1-6-9(17-5-13-6)10(14)12-4-7-2-3-8(18-7)11(15)16/h2-3,5H,4H2,1H3,(H,12,14)(H,15,16). The Labute approximate surface area is 101 Å². The maximum absolute atomic E-state index is 11.6. The summed E-state index contributed by atoms with van der Waals surface area (Å²) >= 11 is 0. The molecule has 0 aromatic carbocycles. The van der Waals surface area contributed by atoms with E-state index in [2.05, 4.69) is 10.3 Å². The normalized spacial score (nSPS) is 10.3. The molecule has 0 bridgehead atoms. The van der Waals surface area contributed by atoms with E-state index in [1.807, 2.05) is 0 Å². The second-order valence-electron chi connectivity index (χ2n) is 3.52. The van der Waals surface area contributed by atoms with E-state index in [1.165, 1.54) is 18.5 Å². The molecule has 0 radical (unpaired) electrons. The van der Waals surface area contributed by atoms with Crippen LogP contribution in [0, 0.1) is 6.92 Å². The van der Waals surface area contributed by atoms with Gasteiger partial charge in [0.05, 0.1) is 12.2 Å². The predicted molar refractivity (Wildman–Crippen MR) is 58.1 cm³/mol. The number of carboxylic acid groups (broad SMARTS) is 1. The van der Waals surface area contributed by atoms with Crippen LogP contribution < -0.4 is 5.32 Å². The van der Waals surface area contributed by atoms with Gasteiger partial charge in [-0.2, -0.15) is 0 Å². The molecule has 0 aliphatic heterocycles. The van der Waals surface area contributed by atoms with E-state index in [4.69, 9.17) is 13.9 Å². The molecule has 2 heterocycles. The van der Waals surface area contributed by atoms with Gasteiger partial charge in [0.2, 0.25) is 11.5 Å². The number of carbonyl (C=O) groups excluding carboxylic acids is 1. The van der Waals surface area contributed by atoms with Crippen molar-refractivity contribution in [2.24, 2.45) is 0 Å². The van der Waals surface area contributed by atoms with Gasteiger partial charge < -0.3 is 19.3 Å². The number of amides is 1. The highest BCUT2D eigenvalue weighted by Crippen LogP contribution is 2.09. The summed E-state index contributed by atoms with van der Waals surface area (Å²) in [5.74, 6) is -1.29. The van der Waals surface area contributed by atoms with Gasteiger partial charge in [-0.15, -0.1) is 0 Å². The van der Waals surface area contributed by atoms with Crippen LogP contribution in [0.5, 0.6) is 0 Å². The van der Waals surface area contributed by atoms with Crippen LogP contribution in [0.2, 0.25) is 0 Å². The summed E-state index contributed by atoms with van der Waals surface area (Å²) in [5, 5.41) is 11.2. The number of aryl methyl sites for hydroxylation is 1. The van der Waals surface area contributed by atoms with Gasteiger partial charge in [0.1, 0.15) is 5.76 Å². The zero-order chi connectivity index (χ0) is 13.1. The fourth-order valence-corrected chi connectivity index (χ4v) is 1.36. The fraction of sp³-hybridized carbons (Fsp3) is 0.182. The van der Waals surface area contributed by atoms with E-state index in [0.717, 1.165) is 0 Å². The Morgan fingerprint density at radius 2 is 2.22 bits per heavy atom. The molecule has 0 unspecified atom stereocenters. The highest BCUT2D eigenvalue weighted by molar-refractivity contribution is 5.92. The van der Waals surface area contributed by atoms with E-state index >= 15 is 0 Å². The smallest absolute Gasteiger partial charge is 0.371 e. The topological polar surface area (TPSA) is 106 Å². The van der Waals surface area contributed by atoms with Gasteiger partial charge in [0.15, 0.2) is 6.39 Å². The summed E-state index contributed by atoms with van der Waals surface area (Å²) in [6.45, 7) is 1.72. The van der Waals surface area contributed by atoms with E-state index in [1.54, 1.807) is 6.92 Å². The van der Waals surface area contributed by atoms with Crippen LogP contribution in [0.1, 0.15) is 32.6 Å². The van der Waals surface area contributed by atoms with E-state index in [-0.39, 0.29) is 18.1 Å². The van der Waals surface area contributed by atoms with Gasteiger partial charge in [-0.3, -0.25) is 4.79 Å². The number of carboxylic acids is 1. The Morgan fingerprint density at radius 1 is 1.44 bits per heavy atom. The lowest BCUT2D eigenvalue weighted by atomic mass is 10.3. The third-order valence-corrected chi connectivity index (χ3v) is 2.25. The van der Waals surface area contributed by atoms with Gasteiger partial charge in [-0.05, 0) is 19.1 Å². The number of oxazole rings is 1. The number of aromatic nitrogens is 1. The molecule has 7 nitrogen and oxygen atoms in total. The first kappa shape index (κ1) is 11.9. The van der Waals surface area contributed by atoms with Crippen molar-refractivity contribution in [1.29, 1.82) is 0 Å².